The van der Waals surface area contributed by atoms with Gasteiger partial charge in [-0.3, -0.25) is 4.40 Å². The highest BCUT2D eigenvalue weighted by atomic mass is 32.2. The van der Waals surface area contributed by atoms with E-state index in [0.717, 1.165) is 38.4 Å². The predicted molar refractivity (Wildman–Crippen MR) is 98.9 cm³/mol. The Morgan fingerprint density at radius 1 is 1.17 bits per heavy atom. The standard InChI is InChI=1S/C18H15N3OS2/c1-22-16-8-3-2-7-15(16)17-20-13(11-23-17)12-24-18-19-10-14-6-4-5-9-21(14)18/h2-11H,12H2,1H3. The van der Waals surface area contributed by atoms with Crippen molar-refractivity contribution in [2.45, 2.75) is 10.9 Å². The van der Waals surface area contributed by atoms with Gasteiger partial charge in [0.1, 0.15) is 10.8 Å². The van der Waals surface area contributed by atoms with Crippen LogP contribution in [0, 0.1) is 0 Å². The van der Waals surface area contributed by atoms with Crippen LogP contribution in [0.5, 0.6) is 5.75 Å². The summed E-state index contributed by atoms with van der Waals surface area (Å²) in [4.78, 5) is 9.23. The van der Waals surface area contributed by atoms with E-state index in [9.17, 15) is 0 Å². The van der Waals surface area contributed by atoms with Crippen molar-refractivity contribution in [3.63, 3.8) is 0 Å². The molecule has 0 amide bonds. The summed E-state index contributed by atoms with van der Waals surface area (Å²) < 4.78 is 7.52. The summed E-state index contributed by atoms with van der Waals surface area (Å²) in [5.74, 6) is 1.64. The summed E-state index contributed by atoms with van der Waals surface area (Å²) in [6.45, 7) is 0. The Bertz CT molecular complexity index is 977. The summed E-state index contributed by atoms with van der Waals surface area (Å²) in [7, 11) is 1.69. The van der Waals surface area contributed by atoms with Gasteiger partial charge in [0.2, 0.25) is 0 Å². The van der Waals surface area contributed by atoms with E-state index < -0.39 is 0 Å². The number of nitrogens with zero attached hydrogens (tertiary/aromatic N) is 3. The van der Waals surface area contributed by atoms with Crippen LogP contribution in [0.2, 0.25) is 0 Å². The quantitative estimate of drug-likeness (QED) is 0.485. The van der Waals surface area contributed by atoms with E-state index in [1.807, 2.05) is 48.8 Å². The second-order valence-electron chi connectivity index (χ2n) is 5.17. The largest absolute Gasteiger partial charge is 0.496 e. The Labute approximate surface area is 148 Å². The molecule has 0 saturated heterocycles. The summed E-state index contributed by atoms with van der Waals surface area (Å²) in [5, 5.41) is 4.07. The molecule has 0 spiro atoms. The zero-order chi connectivity index (χ0) is 16.4. The summed E-state index contributed by atoms with van der Waals surface area (Å²) in [6, 6.07) is 14.1. The fourth-order valence-corrected chi connectivity index (χ4v) is 4.30. The molecule has 1 aromatic carbocycles. The van der Waals surface area contributed by atoms with Crippen LogP contribution in [-0.4, -0.2) is 21.5 Å². The number of pyridine rings is 1. The van der Waals surface area contributed by atoms with Crippen LogP contribution in [0.3, 0.4) is 0 Å². The third-order valence-electron chi connectivity index (χ3n) is 3.64. The topological polar surface area (TPSA) is 39.4 Å². The minimum Gasteiger partial charge on any atom is -0.496 e. The summed E-state index contributed by atoms with van der Waals surface area (Å²) in [5.41, 5.74) is 3.19. The van der Waals surface area contributed by atoms with Gasteiger partial charge in [0.15, 0.2) is 5.16 Å². The number of methoxy groups -OCH3 is 1. The van der Waals surface area contributed by atoms with Gasteiger partial charge in [0.25, 0.3) is 0 Å². The van der Waals surface area contributed by atoms with Crippen LogP contribution in [0.4, 0.5) is 0 Å². The molecule has 4 nitrogen and oxygen atoms in total. The highest BCUT2D eigenvalue weighted by molar-refractivity contribution is 7.98. The van der Waals surface area contributed by atoms with Crippen molar-refractivity contribution in [3.8, 4) is 16.3 Å². The molecule has 3 aromatic heterocycles. The van der Waals surface area contributed by atoms with Crippen molar-refractivity contribution in [3.05, 3.63) is 65.9 Å². The number of thioether (sulfide) groups is 1. The maximum Gasteiger partial charge on any atom is 0.172 e. The molecule has 3 heterocycles. The molecule has 0 radical (unpaired) electrons. The molecule has 4 aromatic rings. The van der Waals surface area contributed by atoms with E-state index in [2.05, 4.69) is 20.8 Å². The van der Waals surface area contributed by atoms with Crippen LogP contribution in [0.15, 0.2) is 65.4 Å². The molecule has 0 N–H and O–H groups in total. The number of aromatic nitrogens is 3. The van der Waals surface area contributed by atoms with E-state index >= 15 is 0 Å². The minimum absolute atomic E-state index is 0.791. The fourth-order valence-electron chi connectivity index (χ4n) is 2.48. The first-order valence-electron chi connectivity index (χ1n) is 7.48. The summed E-state index contributed by atoms with van der Waals surface area (Å²) >= 11 is 3.33. The smallest absolute Gasteiger partial charge is 0.172 e. The lowest BCUT2D eigenvalue weighted by atomic mass is 10.2. The maximum absolute atomic E-state index is 5.42. The first-order valence-corrected chi connectivity index (χ1v) is 9.34. The molecule has 0 saturated carbocycles. The van der Waals surface area contributed by atoms with Gasteiger partial charge in [-0.15, -0.1) is 11.3 Å². The Kier molecular flexibility index (Phi) is 4.23. The molecule has 24 heavy (non-hydrogen) atoms. The molecule has 0 atom stereocenters. The van der Waals surface area contributed by atoms with Gasteiger partial charge in [0, 0.05) is 17.3 Å². The zero-order valence-electron chi connectivity index (χ0n) is 13.0. The number of para-hydroxylation sites is 1. The van der Waals surface area contributed by atoms with E-state index in [1.165, 1.54) is 0 Å². The van der Waals surface area contributed by atoms with Crippen molar-refractivity contribution in [2.75, 3.05) is 7.11 Å². The Morgan fingerprint density at radius 3 is 2.96 bits per heavy atom. The number of rotatable bonds is 5. The molecular weight excluding hydrogens is 338 g/mol. The molecular formula is C18H15N3OS2. The first kappa shape index (κ1) is 15.2. The second-order valence-corrected chi connectivity index (χ2v) is 6.97. The van der Waals surface area contributed by atoms with Gasteiger partial charge >= 0.3 is 0 Å². The average molecular weight is 353 g/mol. The van der Waals surface area contributed by atoms with Gasteiger partial charge in [-0.05, 0) is 24.3 Å². The van der Waals surface area contributed by atoms with Crippen molar-refractivity contribution < 1.29 is 4.74 Å². The van der Waals surface area contributed by atoms with Gasteiger partial charge in [-0.1, -0.05) is 30.0 Å². The number of benzene rings is 1. The SMILES string of the molecule is COc1ccccc1-c1nc(CSc2ncc3ccccn23)cs1. The number of thiazole rings is 1. The number of ether oxygens (including phenoxy) is 1. The van der Waals surface area contributed by atoms with E-state index in [0.29, 0.717) is 0 Å². The van der Waals surface area contributed by atoms with Crippen LogP contribution < -0.4 is 4.74 Å². The normalized spacial score (nSPS) is 11.0. The average Bonchev–Trinajstić information content (AvgIpc) is 3.27. The predicted octanol–water partition coefficient (Wildman–Crippen LogP) is 4.76. The molecule has 0 aliphatic heterocycles. The van der Waals surface area contributed by atoms with E-state index in [1.54, 1.807) is 30.2 Å². The molecule has 6 heteroatoms. The van der Waals surface area contributed by atoms with Crippen molar-refractivity contribution in [1.82, 2.24) is 14.4 Å². The van der Waals surface area contributed by atoms with Crippen LogP contribution in [-0.2, 0) is 5.75 Å². The minimum atomic E-state index is 0.791. The number of hydrogen-bond acceptors (Lipinski definition) is 5. The molecule has 0 fully saturated rings. The van der Waals surface area contributed by atoms with Gasteiger partial charge < -0.3 is 4.74 Å². The lowest BCUT2D eigenvalue weighted by molar-refractivity contribution is 0.416. The van der Waals surface area contributed by atoms with E-state index in [4.69, 9.17) is 9.72 Å². The van der Waals surface area contributed by atoms with Crippen molar-refractivity contribution in [1.29, 1.82) is 0 Å². The molecule has 0 bridgehead atoms. The number of imidazole rings is 1. The number of hydrogen-bond donors (Lipinski definition) is 0. The second kappa shape index (κ2) is 6.67. The van der Waals surface area contributed by atoms with Gasteiger partial charge in [0.05, 0.1) is 30.1 Å². The highest BCUT2D eigenvalue weighted by Gasteiger charge is 2.11. The zero-order valence-corrected chi connectivity index (χ0v) is 14.7. The Hall–Kier alpha value is -2.31. The van der Waals surface area contributed by atoms with Gasteiger partial charge in [-0.2, -0.15) is 0 Å². The fraction of sp³-hybridized carbons (Fsp3) is 0.111. The first-order chi connectivity index (χ1) is 11.8. The third-order valence-corrected chi connectivity index (χ3v) is 5.57. The molecule has 4 rings (SSSR count). The molecule has 0 aliphatic rings. The summed E-state index contributed by atoms with van der Waals surface area (Å²) in [6.07, 6.45) is 3.93. The molecule has 0 aliphatic carbocycles. The lowest BCUT2D eigenvalue weighted by Crippen LogP contribution is -1.89. The Balaban J connectivity index is 1.53. The third kappa shape index (κ3) is 2.90. The van der Waals surface area contributed by atoms with Crippen molar-refractivity contribution >= 4 is 28.6 Å². The Morgan fingerprint density at radius 2 is 2.04 bits per heavy atom. The van der Waals surface area contributed by atoms with Gasteiger partial charge in [-0.25, -0.2) is 9.97 Å². The monoisotopic (exact) mass is 353 g/mol. The lowest BCUT2D eigenvalue weighted by Gasteiger charge is -2.04. The highest BCUT2D eigenvalue weighted by Crippen LogP contribution is 2.33. The molecule has 0 unspecified atom stereocenters. The van der Waals surface area contributed by atoms with Crippen LogP contribution in [0.25, 0.3) is 16.1 Å². The van der Waals surface area contributed by atoms with Crippen LogP contribution >= 0.6 is 23.1 Å². The number of fused-ring (bicyclic) bond motifs is 1. The van der Waals surface area contributed by atoms with E-state index in [-0.39, 0.29) is 0 Å². The molecule has 120 valence electrons. The van der Waals surface area contributed by atoms with Crippen molar-refractivity contribution in [2.24, 2.45) is 0 Å². The van der Waals surface area contributed by atoms with Crippen LogP contribution in [0.1, 0.15) is 5.69 Å². The maximum atomic E-state index is 5.42.